The number of carbonyl (C=O) groups excluding carboxylic acids is 1. The van der Waals surface area contributed by atoms with Crippen molar-refractivity contribution in [3.63, 3.8) is 0 Å². The van der Waals surface area contributed by atoms with E-state index in [0.717, 1.165) is 37.2 Å². The minimum absolute atomic E-state index is 0.101. The van der Waals surface area contributed by atoms with E-state index in [-0.39, 0.29) is 11.8 Å². The Bertz CT molecular complexity index is 537. The molecule has 1 amide bonds. The summed E-state index contributed by atoms with van der Waals surface area (Å²) in [6.45, 7) is 2.79. The Kier molecular flexibility index (Phi) is 2.98. The van der Waals surface area contributed by atoms with Crippen molar-refractivity contribution in [2.45, 2.75) is 13.0 Å². The van der Waals surface area contributed by atoms with Gasteiger partial charge in [-0.3, -0.25) is 4.79 Å². The van der Waals surface area contributed by atoms with E-state index in [0.29, 0.717) is 12.1 Å². The third kappa shape index (κ3) is 2.21. The van der Waals surface area contributed by atoms with E-state index in [1.807, 2.05) is 11.0 Å². The van der Waals surface area contributed by atoms with Gasteiger partial charge in [-0.2, -0.15) is 0 Å². The van der Waals surface area contributed by atoms with Crippen LogP contribution in [-0.4, -0.2) is 41.5 Å². The molecule has 19 heavy (non-hydrogen) atoms. The number of carboxylic acids is 1. The van der Waals surface area contributed by atoms with Crippen molar-refractivity contribution < 1.29 is 14.7 Å². The Balaban J connectivity index is 1.79. The van der Waals surface area contributed by atoms with Crippen LogP contribution in [0.2, 0.25) is 0 Å². The predicted molar refractivity (Wildman–Crippen MR) is 68.9 cm³/mol. The molecule has 0 bridgehead atoms. The van der Waals surface area contributed by atoms with E-state index in [9.17, 15) is 9.59 Å². The Morgan fingerprint density at radius 2 is 2.05 bits per heavy atom. The lowest BCUT2D eigenvalue weighted by molar-refractivity contribution is -0.138. The normalized spacial score (nSPS) is 18.6. The summed E-state index contributed by atoms with van der Waals surface area (Å²) in [5.41, 5.74) is 2.41. The molecule has 2 N–H and O–H groups in total. The molecule has 0 saturated carbocycles. The number of carbonyl (C=O) groups is 2. The van der Waals surface area contributed by atoms with E-state index in [1.54, 1.807) is 12.1 Å². The van der Waals surface area contributed by atoms with Crippen molar-refractivity contribution >= 4 is 11.9 Å². The molecule has 5 nitrogen and oxygen atoms in total. The third-order valence-corrected chi connectivity index (χ3v) is 3.91. The van der Waals surface area contributed by atoms with Gasteiger partial charge in [0.1, 0.15) is 0 Å². The van der Waals surface area contributed by atoms with Crippen LogP contribution in [0.15, 0.2) is 18.2 Å². The van der Waals surface area contributed by atoms with Crippen molar-refractivity contribution in [3.05, 3.63) is 34.9 Å². The minimum Gasteiger partial charge on any atom is -0.478 e. The lowest BCUT2D eigenvalue weighted by Crippen LogP contribution is -2.52. The summed E-state index contributed by atoms with van der Waals surface area (Å²) in [7, 11) is 0. The van der Waals surface area contributed by atoms with Gasteiger partial charge in [-0.05, 0) is 29.7 Å². The van der Waals surface area contributed by atoms with Crippen LogP contribution in [0, 0.1) is 5.92 Å². The maximum atomic E-state index is 12.2. The van der Waals surface area contributed by atoms with Gasteiger partial charge >= 0.3 is 5.97 Å². The molecule has 0 atom stereocenters. The first-order chi connectivity index (χ1) is 9.15. The van der Waals surface area contributed by atoms with Gasteiger partial charge in [0, 0.05) is 26.2 Å². The van der Waals surface area contributed by atoms with Gasteiger partial charge in [0.05, 0.1) is 11.5 Å². The Morgan fingerprint density at radius 3 is 2.68 bits per heavy atom. The third-order valence-electron chi connectivity index (χ3n) is 3.91. The summed E-state index contributed by atoms with van der Waals surface area (Å²) in [5, 5.41) is 12.1. The van der Waals surface area contributed by atoms with Crippen LogP contribution in [-0.2, 0) is 17.8 Å². The van der Waals surface area contributed by atoms with Gasteiger partial charge in [0.15, 0.2) is 0 Å². The molecule has 0 aliphatic carbocycles. The lowest BCUT2D eigenvalue weighted by Gasteiger charge is -2.35. The number of rotatable bonds is 2. The largest absolute Gasteiger partial charge is 0.478 e. The molecule has 0 radical (unpaired) electrons. The topological polar surface area (TPSA) is 69.6 Å². The van der Waals surface area contributed by atoms with Gasteiger partial charge in [-0.1, -0.05) is 6.07 Å². The maximum absolute atomic E-state index is 12.2. The van der Waals surface area contributed by atoms with Gasteiger partial charge < -0.3 is 15.3 Å². The molecular formula is C14H16N2O3. The minimum atomic E-state index is -0.922. The van der Waals surface area contributed by atoms with Gasteiger partial charge in [0.2, 0.25) is 5.91 Å². The van der Waals surface area contributed by atoms with Crippen LogP contribution in [0.3, 0.4) is 0 Å². The fourth-order valence-electron chi connectivity index (χ4n) is 2.60. The summed E-state index contributed by atoms with van der Waals surface area (Å²) in [6.07, 6.45) is 0.807. The Morgan fingerprint density at radius 1 is 1.26 bits per heavy atom. The number of hydrogen-bond acceptors (Lipinski definition) is 3. The van der Waals surface area contributed by atoms with Crippen LogP contribution >= 0.6 is 0 Å². The molecule has 0 spiro atoms. The highest BCUT2D eigenvalue weighted by molar-refractivity contribution is 5.88. The fourth-order valence-corrected chi connectivity index (χ4v) is 2.60. The smallest absolute Gasteiger partial charge is 0.335 e. The molecule has 1 aromatic rings. The second-order valence-electron chi connectivity index (χ2n) is 5.15. The Hall–Kier alpha value is -1.88. The van der Waals surface area contributed by atoms with Gasteiger partial charge in [0.25, 0.3) is 0 Å². The lowest BCUT2D eigenvalue weighted by atomic mass is 9.95. The van der Waals surface area contributed by atoms with Crippen molar-refractivity contribution in [3.8, 4) is 0 Å². The van der Waals surface area contributed by atoms with Crippen LogP contribution in [0.5, 0.6) is 0 Å². The highest BCUT2D eigenvalue weighted by atomic mass is 16.4. The summed E-state index contributed by atoms with van der Waals surface area (Å²) >= 11 is 0. The van der Waals surface area contributed by atoms with Crippen molar-refractivity contribution in [2.75, 3.05) is 19.6 Å². The van der Waals surface area contributed by atoms with E-state index in [1.165, 1.54) is 0 Å². The second kappa shape index (κ2) is 4.66. The first-order valence-corrected chi connectivity index (χ1v) is 6.50. The molecule has 1 fully saturated rings. The zero-order chi connectivity index (χ0) is 13.4. The number of aromatic carboxylic acids is 1. The number of nitrogens with zero attached hydrogens (tertiary/aromatic N) is 1. The van der Waals surface area contributed by atoms with Crippen LogP contribution in [0.1, 0.15) is 21.5 Å². The quantitative estimate of drug-likeness (QED) is 0.812. The summed E-state index contributed by atoms with van der Waals surface area (Å²) in [4.78, 5) is 25.0. The number of carboxylic acid groups (broad SMARTS) is 1. The molecule has 100 valence electrons. The van der Waals surface area contributed by atoms with E-state index in [4.69, 9.17) is 5.11 Å². The van der Waals surface area contributed by atoms with Crippen LogP contribution in [0.25, 0.3) is 0 Å². The van der Waals surface area contributed by atoms with E-state index in [2.05, 4.69) is 5.32 Å². The molecule has 1 saturated heterocycles. The number of hydrogen-bond donors (Lipinski definition) is 2. The van der Waals surface area contributed by atoms with Gasteiger partial charge in [-0.25, -0.2) is 4.79 Å². The first kappa shape index (κ1) is 12.2. The standard InChI is InChI=1S/C14H16N2O3/c17-13(12-6-15-7-12)16-4-3-9-1-2-10(14(18)19)5-11(9)8-16/h1-2,5,12,15H,3-4,6-8H2,(H,18,19). The number of benzene rings is 1. The molecule has 2 aliphatic heterocycles. The average Bonchev–Trinajstić information content (AvgIpc) is 2.35. The first-order valence-electron chi connectivity index (χ1n) is 6.50. The van der Waals surface area contributed by atoms with Crippen molar-refractivity contribution in [1.29, 1.82) is 0 Å². The molecule has 3 rings (SSSR count). The predicted octanol–water partition coefficient (Wildman–Crippen LogP) is 0.489. The molecule has 0 aromatic heterocycles. The highest BCUT2D eigenvalue weighted by Crippen LogP contribution is 2.22. The zero-order valence-electron chi connectivity index (χ0n) is 10.6. The van der Waals surface area contributed by atoms with Crippen LogP contribution < -0.4 is 5.32 Å². The van der Waals surface area contributed by atoms with Crippen molar-refractivity contribution in [1.82, 2.24) is 10.2 Å². The molecule has 1 aromatic carbocycles. The second-order valence-corrected chi connectivity index (χ2v) is 5.15. The number of amides is 1. The molecule has 5 heteroatoms. The van der Waals surface area contributed by atoms with Crippen molar-refractivity contribution in [2.24, 2.45) is 5.92 Å². The monoisotopic (exact) mass is 260 g/mol. The Labute approximate surface area is 111 Å². The van der Waals surface area contributed by atoms with E-state index < -0.39 is 5.97 Å². The number of fused-ring (bicyclic) bond motifs is 1. The SMILES string of the molecule is O=C(O)c1ccc2c(c1)CN(C(=O)C1CNC1)CC2. The zero-order valence-corrected chi connectivity index (χ0v) is 10.6. The average molecular weight is 260 g/mol. The summed E-state index contributed by atoms with van der Waals surface area (Å²) in [5.74, 6) is -0.635. The number of nitrogens with one attached hydrogen (secondary N) is 1. The fraction of sp³-hybridized carbons (Fsp3) is 0.429. The summed E-state index contributed by atoms with van der Waals surface area (Å²) in [6, 6.07) is 5.19. The molecular weight excluding hydrogens is 244 g/mol. The molecule has 0 unspecified atom stereocenters. The molecule has 2 heterocycles. The van der Waals surface area contributed by atoms with Crippen LogP contribution in [0.4, 0.5) is 0 Å². The maximum Gasteiger partial charge on any atom is 0.335 e. The highest BCUT2D eigenvalue weighted by Gasteiger charge is 2.31. The summed E-state index contributed by atoms with van der Waals surface area (Å²) < 4.78 is 0. The van der Waals surface area contributed by atoms with E-state index >= 15 is 0 Å². The molecule has 2 aliphatic rings. The van der Waals surface area contributed by atoms with Gasteiger partial charge in [-0.15, -0.1) is 0 Å².